The van der Waals surface area contributed by atoms with Crippen LogP contribution in [0.3, 0.4) is 0 Å². The number of ether oxygens (including phenoxy) is 1. The highest BCUT2D eigenvalue weighted by Crippen LogP contribution is 2.33. The Morgan fingerprint density at radius 1 is 1.24 bits per heavy atom. The van der Waals surface area contributed by atoms with Crippen molar-refractivity contribution in [1.82, 2.24) is 14.5 Å². The summed E-state index contributed by atoms with van der Waals surface area (Å²) < 4.78 is 7.14. The van der Waals surface area contributed by atoms with E-state index in [9.17, 15) is 4.79 Å². The van der Waals surface area contributed by atoms with E-state index < -0.39 is 0 Å². The number of methoxy groups -OCH3 is 1. The van der Waals surface area contributed by atoms with Crippen molar-refractivity contribution >= 4 is 21.6 Å². The molecule has 0 spiro atoms. The van der Waals surface area contributed by atoms with Crippen molar-refractivity contribution in [1.29, 1.82) is 0 Å². The van der Waals surface area contributed by atoms with E-state index in [0.717, 1.165) is 48.5 Å². The highest BCUT2D eigenvalue weighted by molar-refractivity contribution is 7.18. The fourth-order valence-corrected chi connectivity index (χ4v) is 4.95. The van der Waals surface area contributed by atoms with Crippen LogP contribution in [0.15, 0.2) is 4.79 Å². The summed E-state index contributed by atoms with van der Waals surface area (Å²) in [5.41, 5.74) is 1.43. The van der Waals surface area contributed by atoms with Gasteiger partial charge in [-0.1, -0.05) is 13.8 Å². The first kappa shape index (κ1) is 18.5. The predicted molar refractivity (Wildman–Crippen MR) is 104 cm³/mol. The summed E-state index contributed by atoms with van der Waals surface area (Å²) in [4.78, 5) is 22.9. The van der Waals surface area contributed by atoms with Crippen LogP contribution in [0.2, 0.25) is 0 Å². The molecule has 0 atom stereocenters. The molecule has 0 saturated carbocycles. The number of aromatic nitrogens is 2. The summed E-state index contributed by atoms with van der Waals surface area (Å²) in [7, 11) is 1.70. The van der Waals surface area contributed by atoms with Gasteiger partial charge in [-0.25, -0.2) is 4.98 Å². The van der Waals surface area contributed by atoms with Crippen molar-refractivity contribution in [2.75, 3.05) is 33.4 Å². The lowest BCUT2D eigenvalue weighted by molar-refractivity contribution is 0.198. The average molecular weight is 364 g/mol. The van der Waals surface area contributed by atoms with Gasteiger partial charge < -0.3 is 9.64 Å². The van der Waals surface area contributed by atoms with E-state index >= 15 is 0 Å². The summed E-state index contributed by atoms with van der Waals surface area (Å²) in [6.07, 6.45) is 5.22. The van der Waals surface area contributed by atoms with Crippen LogP contribution >= 0.6 is 11.3 Å². The molecule has 5 nitrogen and oxygen atoms in total. The summed E-state index contributed by atoms with van der Waals surface area (Å²) in [5.74, 6) is 0.866. The van der Waals surface area contributed by atoms with Crippen LogP contribution in [0.4, 0.5) is 0 Å². The SMILES string of the molecule is CCN(CC)CCn1c(CCOC)nc2sc3c(c2c1=O)CCCC3. The van der Waals surface area contributed by atoms with E-state index in [0.29, 0.717) is 19.6 Å². The lowest BCUT2D eigenvalue weighted by Gasteiger charge is -2.20. The molecule has 25 heavy (non-hydrogen) atoms. The van der Waals surface area contributed by atoms with Gasteiger partial charge in [0.15, 0.2) is 0 Å². The van der Waals surface area contributed by atoms with Crippen molar-refractivity contribution in [2.45, 2.75) is 52.5 Å². The zero-order chi connectivity index (χ0) is 17.8. The van der Waals surface area contributed by atoms with Crippen LogP contribution in [-0.4, -0.2) is 47.8 Å². The van der Waals surface area contributed by atoms with Crippen LogP contribution in [0, 0.1) is 0 Å². The molecule has 2 heterocycles. The molecule has 3 rings (SSSR count). The van der Waals surface area contributed by atoms with Crippen LogP contribution < -0.4 is 5.56 Å². The maximum atomic E-state index is 13.3. The third kappa shape index (κ3) is 3.81. The van der Waals surface area contributed by atoms with Gasteiger partial charge in [0.2, 0.25) is 0 Å². The Kier molecular flexibility index (Phi) is 6.25. The van der Waals surface area contributed by atoms with Crippen LogP contribution in [-0.2, 0) is 30.5 Å². The molecule has 6 heteroatoms. The first-order valence-electron chi connectivity index (χ1n) is 9.44. The maximum Gasteiger partial charge on any atom is 0.262 e. The van der Waals surface area contributed by atoms with Gasteiger partial charge in [-0.05, 0) is 44.3 Å². The molecule has 0 amide bonds. The van der Waals surface area contributed by atoms with Gasteiger partial charge in [-0.15, -0.1) is 11.3 Å². The molecule has 1 aliphatic carbocycles. The molecular formula is C19H29N3O2S. The molecule has 0 saturated heterocycles. The van der Waals surface area contributed by atoms with Gasteiger partial charge >= 0.3 is 0 Å². The zero-order valence-electron chi connectivity index (χ0n) is 15.6. The van der Waals surface area contributed by atoms with Gasteiger partial charge in [0.25, 0.3) is 5.56 Å². The Morgan fingerprint density at radius 2 is 2.00 bits per heavy atom. The molecule has 0 aromatic carbocycles. The van der Waals surface area contributed by atoms with Gasteiger partial charge in [-0.3, -0.25) is 9.36 Å². The fourth-order valence-electron chi connectivity index (χ4n) is 3.68. The summed E-state index contributed by atoms with van der Waals surface area (Å²) >= 11 is 1.73. The van der Waals surface area contributed by atoms with Crippen LogP contribution in [0.25, 0.3) is 10.2 Å². The lowest BCUT2D eigenvalue weighted by Crippen LogP contribution is -2.33. The minimum absolute atomic E-state index is 0.155. The highest BCUT2D eigenvalue weighted by Gasteiger charge is 2.22. The molecule has 0 fully saturated rings. The summed E-state index contributed by atoms with van der Waals surface area (Å²) in [6, 6.07) is 0. The molecule has 0 bridgehead atoms. The number of thiophene rings is 1. The van der Waals surface area contributed by atoms with E-state index in [4.69, 9.17) is 9.72 Å². The first-order valence-corrected chi connectivity index (χ1v) is 10.3. The van der Waals surface area contributed by atoms with Crippen molar-refractivity contribution < 1.29 is 4.74 Å². The third-order valence-electron chi connectivity index (χ3n) is 5.22. The zero-order valence-corrected chi connectivity index (χ0v) is 16.5. The number of likely N-dealkylation sites (N-methyl/N-ethyl adjacent to an activating group) is 1. The number of hydrogen-bond donors (Lipinski definition) is 0. The summed E-state index contributed by atoms with van der Waals surface area (Å²) in [6.45, 7) is 8.50. The number of fused-ring (bicyclic) bond motifs is 3. The third-order valence-corrected chi connectivity index (χ3v) is 6.40. The molecule has 2 aromatic rings. The molecular weight excluding hydrogens is 334 g/mol. The monoisotopic (exact) mass is 363 g/mol. The Labute approximate surface area is 153 Å². The number of nitrogens with zero attached hydrogens (tertiary/aromatic N) is 3. The molecule has 1 aliphatic rings. The summed E-state index contributed by atoms with van der Waals surface area (Å²) in [5, 5.41) is 0.889. The van der Waals surface area contributed by atoms with Gasteiger partial charge in [0.1, 0.15) is 10.7 Å². The minimum atomic E-state index is 0.155. The van der Waals surface area contributed by atoms with E-state index in [-0.39, 0.29) is 5.56 Å². The predicted octanol–water partition coefficient (Wildman–Crippen LogP) is 2.87. The minimum Gasteiger partial charge on any atom is -0.384 e. The normalized spacial score (nSPS) is 14.4. The molecule has 0 N–H and O–H groups in total. The van der Waals surface area contributed by atoms with E-state index in [1.807, 2.05) is 4.57 Å². The van der Waals surface area contributed by atoms with Gasteiger partial charge in [0, 0.05) is 31.5 Å². The maximum absolute atomic E-state index is 13.3. The van der Waals surface area contributed by atoms with Crippen molar-refractivity contribution in [2.24, 2.45) is 0 Å². The Balaban J connectivity index is 2.04. The number of rotatable bonds is 8. The van der Waals surface area contributed by atoms with Gasteiger partial charge in [0.05, 0.1) is 12.0 Å². The van der Waals surface area contributed by atoms with Crippen LogP contribution in [0.1, 0.15) is 43.0 Å². The molecule has 138 valence electrons. The topological polar surface area (TPSA) is 47.4 Å². The largest absolute Gasteiger partial charge is 0.384 e. The Morgan fingerprint density at radius 3 is 2.72 bits per heavy atom. The average Bonchev–Trinajstić information content (AvgIpc) is 3.00. The lowest BCUT2D eigenvalue weighted by atomic mass is 9.97. The number of hydrogen-bond acceptors (Lipinski definition) is 5. The highest BCUT2D eigenvalue weighted by atomic mass is 32.1. The number of aryl methyl sites for hydroxylation is 2. The molecule has 0 aliphatic heterocycles. The standard InChI is InChI=1S/C19H29N3O2S/c1-4-21(5-2)11-12-22-16(10-13-24-3)20-18-17(19(22)23)14-8-6-7-9-15(14)25-18/h4-13H2,1-3H3. The van der Waals surface area contributed by atoms with E-state index in [1.165, 1.54) is 23.3 Å². The second-order valence-corrected chi connectivity index (χ2v) is 7.73. The van der Waals surface area contributed by atoms with Gasteiger partial charge in [-0.2, -0.15) is 0 Å². The first-order chi connectivity index (χ1) is 12.2. The second kappa shape index (κ2) is 8.43. The smallest absolute Gasteiger partial charge is 0.262 e. The van der Waals surface area contributed by atoms with Crippen molar-refractivity contribution in [3.8, 4) is 0 Å². The Hall–Kier alpha value is -1.24. The molecule has 0 unspecified atom stereocenters. The van der Waals surface area contributed by atoms with Crippen molar-refractivity contribution in [3.63, 3.8) is 0 Å². The van der Waals surface area contributed by atoms with Crippen molar-refractivity contribution in [3.05, 3.63) is 26.6 Å². The Bertz CT molecular complexity index is 777. The molecule has 2 aromatic heterocycles. The van der Waals surface area contributed by atoms with Crippen LogP contribution in [0.5, 0.6) is 0 Å². The fraction of sp³-hybridized carbons (Fsp3) is 0.684. The molecule has 0 radical (unpaired) electrons. The second-order valence-electron chi connectivity index (χ2n) is 6.65. The quantitative estimate of drug-likeness (QED) is 0.724. The van der Waals surface area contributed by atoms with E-state index in [2.05, 4.69) is 18.7 Å². The van der Waals surface area contributed by atoms with E-state index in [1.54, 1.807) is 18.4 Å².